The molecule has 0 bridgehead atoms. The lowest BCUT2D eigenvalue weighted by Gasteiger charge is -2.36. The number of benzene rings is 1. The van der Waals surface area contributed by atoms with Gasteiger partial charge in [-0.15, -0.1) is 10.2 Å². The molecule has 3 aromatic rings. The maximum atomic E-state index is 13.5. The molecule has 0 radical (unpaired) electrons. The molecule has 7 nitrogen and oxygen atoms in total. The summed E-state index contributed by atoms with van der Waals surface area (Å²) < 4.78 is 15.5. The highest BCUT2D eigenvalue weighted by molar-refractivity contribution is 5.80. The summed E-state index contributed by atoms with van der Waals surface area (Å²) in [4.78, 5) is 6.72. The summed E-state index contributed by atoms with van der Waals surface area (Å²) in [5, 5.41) is 15.4. The number of guanidine groups is 1. The van der Waals surface area contributed by atoms with Gasteiger partial charge in [0.1, 0.15) is 11.6 Å². The predicted octanol–water partition coefficient (Wildman–Crippen LogP) is 2.94. The Labute approximate surface area is 182 Å². The molecule has 0 amide bonds. The summed E-state index contributed by atoms with van der Waals surface area (Å²) in [5.74, 6) is 1.60. The third-order valence-corrected chi connectivity index (χ3v) is 5.74. The molecule has 1 atom stereocenters. The first-order valence-corrected chi connectivity index (χ1v) is 10.9. The number of piperidine rings is 1. The number of nitrogens with zero attached hydrogens (tertiary/aromatic N) is 5. The van der Waals surface area contributed by atoms with Crippen molar-refractivity contribution in [3.63, 3.8) is 0 Å². The Morgan fingerprint density at radius 3 is 3.00 bits per heavy atom. The van der Waals surface area contributed by atoms with E-state index >= 15 is 0 Å². The van der Waals surface area contributed by atoms with Gasteiger partial charge < -0.3 is 15.5 Å². The van der Waals surface area contributed by atoms with Gasteiger partial charge in [-0.05, 0) is 62.1 Å². The number of aliphatic imine (C=N–C) groups is 1. The maximum absolute atomic E-state index is 13.5. The second kappa shape index (κ2) is 9.76. The third-order valence-electron chi connectivity index (χ3n) is 5.74. The summed E-state index contributed by atoms with van der Waals surface area (Å²) in [7, 11) is 1.80. The molecule has 164 valence electrons. The van der Waals surface area contributed by atoms with E-state index in [1.54, 1.807) is 19.2 Å². The van der Waals surface area contributed by atoms with Crippen molar-refractivity contribution in [1.29, 1.82) is 0 Å². The van der Waals surface area contributed by atoms with Crippen LogP contribution in [0.2, 0.25) is 0 Å². The highest BCUT2D eigenvalue weighted by Gasteiger charge is 2.22. The molecule has 0 aliphatic carbocycles. The number of hydrogen-bond donors (Lipinski definition) is 2. The highest BCUT2D eigenvalue weighted by Crippen LogP contribution is 2.24. The van der Waals surface area contributed by atoms with Crippen LogP contribution in [0.25, 0.3) is 5.65 Å². The molecular weight excluding hydrogens is 393 g/mol. The Morgan fingerprint density at radius 2 is 2.16 bits per heavy atom. The Morgan fingerprint density at radius 1 is 1.26 bits per heavy atom. The maximum Gasteiger partial charge on any atom is 0.191 e. The lowest BCUT2D eigenvalue weighted by atomic mass is 10.0. The van der Waals surface area contributed by atoms with Crippen molar-refractivity contribution in [2.75, 3.05) is 31.6 Å². The Kier molecular flexibility index (Phi) is 6.64. The van der Waals surface area contributed by atoms with Crippen LogP contribution in [0.15, 0.2) is 47.6 Å². The standard InChI is InChI=1S/C23H30FN7/c1-17-15-18(24)10-11-20(17)30-13-6-7-19(16-30)27-23(25-2)26-12-5-9-22-29-28-21-8-3-4-14-31(21)22/h3-4,8,10-11,14-15,19H,5-7,9,12-13,16H2,1-2H3,(H2,25,26,27). The van der Waals surface area contributed by atoms with Crippen LogP contribution in [-0.2, 0) is 6.42 Å². The number of halogens is 1. The van der Waals surface area contributed by atoms with Crippen LogP contribution < -0.4 is 15.5 Å². The van der Waals surface area contributed by atoms with E-state index in [2.05, 4.69) is 30.7 Å². The number of hydrogen-bond acceptors (Lipinski definition) is 4. The van der Waals surface area contributed by atoms with Crippen molar-refractivity contribution in [2.45, 2.75) is 38.6 Å². The van der Waals surface area contributed by atoms with E-state index in [1.807, 2.05) is 41.8 Å². The third kappa shape index (κ3) is 5.13. The first-order valence-electron chi connectivity index (χ1n) is 10.9. The highest BCUT2D eigenvalue weighted by atomic mass is 19.1. The zero-order chi connectivity index (χ0) is 21.6. The normalized spacial score (nSPS) is 17.2. The van der Waals surface area contributed by atoms with Crippen LogP contribution in [-0.4, -0.2) is 53.3 Å². The minimum atomic E-state index is -0.184. The second-order valence-electron chi connectivity index (χ2n) is 8.01. The smallest absolute Gasteiger partial charge is 0.191 e. The fourth-order valence-electron chi connectivity index (χ4n) is 4.19. The van der Waals surface area contributed by atoms with Gasteiger partial charge in [-0.2, -0.15) is 0 Å². The molecule has 1 aromatic carbocycles. The van der Waals surface area contributed by atoms with Gasteiger partial charge in [0.05, 0.1) is 0 Å². The number of pyridine rings is 1. The van der Waals surface area contributed by atoms with Crippen LogP contribution in [0.3, 0.4) is 0 Å². The van der Waals surface area contributed by atoms with Gasteiger partial charge in [0.15, 0.2) is 11.6 Å². The number of nitrogens with one attached hydrogen (secondary N) is 2. The molecule has 1 unspecified atom stereocenters. The molecule has 1 aliphatic heterocycles. The van der Waals surface area contributed by atoms with Crippen LogP contribution in [0.5, 0.6) is 0 Å². The lowest BCUT2D eigenvalue weighted by Crippen LogP contribution is -2.51. The molecule has 31 heavy (non-hydrogen) atoms. The van der Waals surface area contributed by atoms with Crippen molar-refractivity contribution in [2.24, 2.45) is 4.99 Å². The molecule has 1 saturated heterocycles. The van der Waals surface area contributed by atoms with Crippen molar-refractivity contribution in [3.8, 4) is 0 Å². The van der Waals surface area contributed by atoms with Crippen LogP contribution in [0.1, 0.15) is 30.7 Å². The average molecular weight is 424 g/mol. The first kappa shape index (κ1) is 21.1. The number of anilines is 1. The molecular formula is C23H30FN7. The van der Waals surface area contributed by atoms with E-state index < -0.39 is 0 Å². The lowest BCUT2D eigenvalue weighted by molar-refractivity contribution is 0.467. The van der Waals surface area contributed by atoms with Crippen molar-refractivity contribution >= 4 is 17.3 Å². The van der Waals surface area contributed by atoms with E-state index in [4.69, 9.17) is 0 Å². The van der Waals surface area contributed by atoms with Gasteiger partial charge >= 0.3 is 0 Å². The topological polar surface area (TPSA) is 69.8 Å². The molecule has 1 aliphatic rings. The number of rotatable bonds is 6. The zero-order valence-electron chi connectivity index (χ0n) is 18.2. The van der Waals surface area contributed by atoms with Crippen LogP contribution >= 0.6 is 0 Å². The van der Waals surface area contributed by atoms with Crippen LogP contribution in [0.4, 0.5) is 10.1 Å². The van der Waals surface area contributed by atoms with Crippen LogP contribution in [0, 0.1) is 12.7 Å². The molecule has 0 spiro atoms. The minimum absolute atomic E-state index is 0.184. The molecule has 1 fully saturated rings. The van der Waals surface area contributed by atoms with E-state index in [9.17, 15) is 4.39 Å². The molecule has 4 rings (SSSR count). The predicted molar refractivity (Wildman–Crippen MR) is 122 cm³/mol. The second-order valence-corrected chi connectivity index (χ2v) is 8.01. The molecule has 8 heteroatoms. The monoisotopic (exact) mass is 423 g/mol. The van der Waals surface area contributed by atoms with E-state index in [0.717, 1.165) is 74.0 Å². The van der Waals surface area contributed by atoms with E-state index in [-0.39, 0.29) is 5.82 Å². The quantitative estimate of drug-likeness (QED) is 0.362. The summed E-state index contributed by atoms with van der Waals surface area (Å²) >= 11 is 0. The number of aryl methyl sites for hydroxylation is 2. The summed E-state index contributed by atoms with van der Waals surface area (Å²) in [6.07, 6.45) is 5.95. The van der Waals surface area contributed by atoms with Gasteiger partial charge in [0.2, 0.25) is 0 Å². The fourth-order valence-corrected chi connectivity index (χ4v) is 4.19. The van der Waals surface area contributed by atoms with Gasteiger partial charge in [0, 0.05) is 51.0 Å². The molecule has 2 N–H and O–H groups in total. The molecule has 3 heterocycles. The van der Waals surface area contributed by atoms with Crippen molar-refractivity contribution < 1.29 is 4.39 Å². The first-order chi connectivity index (χ1) is 15.1. The van der Waals surface area contributed by atoms with Gasteiger partial charge in [-0.1, -0.05) is 6.07 Å². The summed E-state index contributed by atoms with van der Waals surface area (Å²) in [6, 6.07) is 11.2. The largest absolute Gasteiger partial charge is 0.369 e. The Bertz CT molecular complexity index is 1050. The van der Waals surface area contributed by atoms with Gasteiger partial charge in [-0.3, -0.25) is 9.39 Å². The van der Waals surface area contributed by atoms with Gasteiger partial charge in [0.25, 0.3) is 0 Å². The Balaban J connectivity index is 1.26. The fraction of sp³-hybridized carbons (Fsp3) is 0.435. The number of fused-ring (bicyclic) bond motifs is 1. The average Bonchev–Trinajstić information content (AvgIpc) is 3.19. The SMILES string of the molecule is CN=C(NCCCc1nnc2ccccn12)NC1CCCN(c2ccc(F)cc2C)C1. The zero-order valence-corrected chi connectivity index (χ0v) is 18.2. The molecule has 2 aromatic heterocycles. The summed E-state index contributed by atoms with van der Waals surface area (Å²) in [5.41, 5.74) is 2.96. The van der Waals surface area contributed by atoms with Crippen molar-refractivity contribution in [1.82, 2.24) is 25.2 Å². The Hall–Kier alpha value is -3.16. The van der Waals surface area contributed by atoms with E-state index in [1.165, 1.54) is 0 Å². The van der Waals surface area contributed by atoms with E-state index in [0.29, 0.717) is 6.04 Å². The number of aromatic nitrogens is 3. The van der Waals surface area contributed by atoms with Crippen molar-refractivity contribution in [3.05, 3.63) is 59.8 Å². The summed E-state index contributed by atoms with van der Waals surface area (Å²) in [6.45, 7) is 4.63. The molecule has 0 saturated carbocycles. The van der Waals surface area contributed by atoms with Gasteiger partial charge in [-0.25, -0.2) is 4.39 Å². The minimum Gasteiger partial charge on any atom is -0.369 e.